The first kappa shape index (κ1) is 18.9. The van der Waals surface area contributed by atoms with Crippen LogP contribution in [0.3, 0.4) is 0 Å². The van der Waals surface area contributed by atoms with E-state index in [1.165, 1.54) is 0 Å². The van der Waals surface area contributed by atoms with Gasteiger partial charge in [-0.05, 0) is 36.8 Å². The van der Waals surface area contributed by atoms with Crippen LogP contribution in [-0.2, 0) is 6.61 Å². The molecule has 4 nitrogen and oxygen atoms in total. The molecule has 0 saturated heterocycles. The van der Waals surface area contributed by atoms with E-state index in [1.54, 1.807) is 12.1 Å². The van der Waals surface area contributed by atoms with Crippen molar-refractivity contribution in [2.24, 2.45) is 0 Å². The Labute approximate surface area is 168 Å². The molecule has 0 aliphatic carbocycles. The fraction of sp³-hybridized carbons (Fsp3) is 0.111. The SMILES string of the molecule is Cc1nc(-c2ccccc2)nc(Nc2ccc(Cl)cc2)c1C[O-].[Na+]. The molecule has 24 heavy (non-hydrogen) atoms. The van der Waals surface area contributed by atoms with Crippen LogP contribution in [0.15, 0.2) is 54.6 Å². The zero-order chi connectivity index (χ0) is 16.2. The normalized spacial score (nSPS) is 10.1. The first-order chi connectivity index (χ1) is 11.2. The van der Waals surface area contributed by atoms with Crippen LogP contribution in [0.5, 0.6) is 0 Å². The minimum Gasteiger partial charge on any atom is -0.851 e. The third-order valence-corrected chi connectivity index (χ3v) is 3.75. The molecule has 6 heteroatoms. The zero-order valence-corrected chi connectivity index (χ0v) is 16.3. The smallest absolute Gasteiger partial charge is 0.851 e. The van der Waals surface area contributed by atoms with Gasteiger partial charge in [-0.25, -0.2) is 9.97 Å². The van der Waals surface area contributed by atoms with Crippen LogP contribution in [0.1, 0.15) is 11.3 Å². The number of nitrogens with zero attached hydrogens (tertiary/aromatic N) is 2. The number of nitrogens with one attached hydrogen (secondary N) is 1. The third kappa shape index (κ3) is 4.35. The molecule has 0 spiro atoms. The molecule has 116 valence electrons. The van der Waals surface area contributed by atoms with Crippen LogP contribution >= 0.6 is 11.6 Å². The Hall–Kier alpha value is -1.43. The van der Waals surface area contributed by atoms with Crippen molar-refractivity contribution in [2.45, 2.75) is 13.5 Å². The molecule has 1 heterocycles. The molecule has 0 unspecified atom stereocenters. The molecule has 2 aromatic carbocycles. The van der Waals surface area contributed by atoms with E-state index in [9.17, 15) is 5.11 Å². The molecule has 1 N–H and O–H groups in total. The molecule has 0 fully saturated rings. The molecule has 3 rings (SSSR count). The summed E-state index contributed by atoms with van der Waals surface area (Å²) >= 11 is 5.90. The standard InChI is InChI=1S/C18H15ClN3O.Na/c1-12-16(11-23)18(21-15-9-7-14(19)8-10-15)22-17(20-12)13-5-3-2-4-6-13;/h2-10H,11H2,1H3,(H,20,21,22);/q-1;+1. The number of halogens is 1. The molecule has 0 bridgehead atoms. The van der Waals surface area contributed by atoms with Crippen molar-refractivity contribution < 1.29 is 34.7 Å². The summed E-state index contributed by atoms with van der Waals surface area (Å²) in [6, 6.07) is 16.9. The van der Waals surface area contributed by atoms with Crippen LogP contribution in [0.4, 0.5) is 11.5 Å². The molecule has 0 radical (unpaired) electrons. The fourth-order valence-corrected chi connectivity index (χ4v) is 2.38. The zero-order valence-electron chi connectivity index (χ0n) is 13.6. The third-order valence-electron chi connectivity index (χ3n) is 3.50. The predicted molar refractivity (Wildman–Crippen MR) is 90.6 cm³/mol. The van der Waals surface area contributed by atoms with E-state index in [1.807, 2.05) is 49.4 Å². The first-order valence-electron chi connectivity index (χ1n) is 7.21. The topological polar surface area (TPSA) is 60.9 Å². The van der Waals surface area contributed by atoms with E-state index in [0.29, 0.717) is 27.9 Å². The molecule has 0 saturated carbocycles. The van der Waals surface area contributed by atoms with Gasteiger partial charge >= 0.3 is 29.6 Å². The van der Waals surface area contributed by atoms with Crippen LogP contribution < -0.4 is 40.0 Å². The Morgan fingerprint density at radius 1 is 1.00 bits per heavy atom. The van der Waals surface area contributed by atoms with Gasteiger partial charge in [0.1, 0.15) is 5.82 Å². The molecule has 0 amide bonds. The maximum Gasteiger partial charge on any atom is 1.00 e. The number of benzene rings is 2. The van der Waals surface area contributed by atoms with Gasteiger partial charge in [0.15, 0.2) is 5.82 Å². The van der Waals surface area contributed by atoms with Crippen LogP contribution in [0.25, 0.3) is 11.4 Å². The average molecular weight is 348 g/mol. The molecular formula is C18H15ClN3NaO. The van der Waals surface area contributed by atoms with Crippen molar-refractivity contribution in [1.29, 1.82) is 0 Å². The average Bonchev–Trinajstić information content (AvgIpc) is 2.57. The summed E-state index contributed by atoms with van der Waals surface area (Å²) in [6.45, 7) is 1.45. The van der Waals surface area contributed by atoms with E-state index in [4.69, 9.17) is 11.6 Å². The summed E-state index contributed by atoms with van der Waals surface area (Å²) in [5.74, 6) is 1.13. The predicted octanol–water partition coefficient (Wildman–Crippen LogP) is 0.713. The second-order valence-corrected chi connectivity index (χ2v) is 5.54. The fourth-order valence-electron chi connectivity index (χ4n) is 2.26. The maximum absolute atomic E-state index is 11.5. The second-order valence-electron chi connectivity index (χ2n) is 5.10. The summed E-state index contributed by atoms with van der Waals surface area (Å²) in [6.07, 6.45) is 0. The van der Waals surface area contributed by atoms with Crippen molar-refractivity contribution in [3.05, 3.63) is 70.9 Å². The molecule has 0 atom stereocenters. The van der Waals surface area contributed by atoms with Gasteiger partial charge in [0, 0.05) is 22.0 Å². The Balaban J connectivity index is 0.00000208. The van der Waals surface area contributed by atoms with Gasteiger partial charge in [-0.2, -0.15) is 0 Å². The monoisotopic (exact) mass is 347 g/mol. The van der Waals surface area contributed by atoms with Gasteiger partial charge in [0.2, 0.25) is 0 Å². The minimum atomic E-state index is -0.378. The molecule has 0 aliphatic heterocycles. The first-order valence-corrected chi connectivity index (χ1v) is 7.59. The Morgan fingerprint density at radius 2 is 1.67 bits per heavy atom. The van der Waals surface area contributed by atoms with Crippen molar-refractivity contribution in [1.82, 2.24) is 9.97 Å². The quantitative estimate of drug-likeness (QED) is 0.706. The Kier molecular flexibility index (Phi) is 6.78. The van der Waals surface area contributed by atoms with E-state index in [-0.39, 0.29) is 36.2 Å². The van der Waals surface area contributed by atoms with Crippen LogP contribution in [0.2, 0.25) is 5.02 Å². The van der Waals surface area contributed by atoms with E-state index < -0.39 is 0 Å². The summed E-state index contributed by atoms with van der Waals surface area (Å²) in [5.41, 5.74) is 2.98. The van der Waals surface area contributed by atoms with Gasteiger partial charge in [-0.3, -0.25) is 0 Å². The minimum absolute atomic E-state index is 0. The van der Waals surface area contributed by atoms with Gasteiger partial charge in [0.25, 0.3) is 0 Å². The summed E-state index contributed by atoms with van der Waals surface area (Å²) in [7, 11) is 0. The largest absolute Gasteiger partial charge is 1.00 e. The number of anilines is 2. The van der Waals surface area contributed by atoms with E-state index in [0.717, 1.165) is 11.3 Å². The van der Waals surface area contributed by atoms with Crippen molar-refractivity contribution >= 4 is 23.1 Å². The Morgan fingerprint density at radius 3 is 2.29 bits per heavy atom. The summed E-state index contributed by atoms with van der Waals surface area (Å²) < 4.78 is 0. The second kappa shape index (κ2) is 8.60. The number of hydrogen-bond donors (Lipinski definition) is 1. The summed E-state index contributed by atoms with van der Waals surface area (Å²) in [5, 5.41) is 15.4. The number of aryl methyl sites for hydroxylation is 1. The van der Waals surface area contributed by atoms with E-state index >= 15 is 0 Å². The van der Waals surface area contributed by atoms with Crippen LogP contribution in [-0.4, -0.2) is 9.97 Å². The van der Waals surface area contributed by atoms with Gasteiger partial charge in [-0.1, -0.05) is 41.9 Å². The van der Waals surface area contributed by atoms with Crippen molar-refractivity contribution in [3.8, 4) is 11.4 Å². The summed E-state index contributed by atoms with van der Waals surface area (Å²) in [4.78, 5) is 9.00. The Bertz CT molecular complexity index is 810. The van der Waals surface area contributed by atoms with E-state index in [2.05, 4.69) is 15.3 Å². The van der Waals surface area contributed by atoms with Crippen molar-refractivity contribution in [2.75, 3.05) is 5.32 Å². The van der Waals surface area contributed by atoms with Gasteiger partial charge in [-0.15, -0.1) is 6.61 Å². The molecule has 1 aromatic heterocycles. The molecular weight excluding hydrogens is 333 g/mol. The number of aromatic nitrogens is 2. The van der Waals surface area contributed by atoms with Gasteiger partial charge in [0.05, 0.1) is 0 Å². The maximum atomic E-state index is 11.5. The number of rotatable bonds is 4. The molecule has 0 aliphatic rings. The van der Waals surface area contributed by atoms with Gasteiger partial charge < -0.3 is 10.4 Å². The van der Waals surface area contributed by atoms with Crippen molar-refractivity contribution in [3.63, 3.8) is 0 Å². The molecule has 3 aromatic rings. The number of hydrogen-bond acceptors (Lipinski definition) is 4. The van der Waals surface area contributed by atoms with Crippen LogP contribution in [0, 0.1) is 6.92 Å².